The molecule has 2 nitrogen and oxygen atoms in total. The Balaban J connectivity index is 1.56. The van der Waals surface area contributed by atoms with Crippen LogP contribution in [0.1, 0.15) is 34.0 Å². The van der Waals surface area contributed by atoms with Crippen LogP contribution in [-0.4, -0.2) is 11.0 Å². The van der Waals surface area contributed by atoms with E-state index < -0.39 is 0 Å². The van der Waals surface area contributed by atoms with Gasteiger partial charge in [0.2, 0.25) is 0 Å². The molecule has 0 radical (unpaired) electrons. The monoisotopic (exact) mass is 304 g/mol. The number of hydrogen-bond donors (Lipinski definition) is 1. The van der Waals surface area contributed by atoms with Gasteiger partial charge in [-0.15, -0.1) is 23.1 Å². The zero-order chi connectivity index (χ0) is 13.9. The maximum Gasteiger partial charge on any atom is 0.103 e. The van der Waals surface area contributed by atoms with Crippen LogP contribution in [0, 0.1) is 13.8 Å². The summed E-state index contributed by atoms with van der Waals surface area (Å²) in [4.78, 5) is 7.42. The Labute approximate surface area is 129 Å². The highest BCUT2D eigenvalue weighted by molar-refractivity contribution is 7.98. The third-order valence-corrected chi connectivity index (χ3v) is 5.81. The molecule has 1 aromatic heterocycles. The number of thioether (sulfide) groups is 1. The number of rotatable bonds is 6. The van der Waals surface area contributed by atoms with Crippen molar-refractivity contribution >= 4 is 23.1 Å². The van der Waals surface area contributed by atoms with Crippen molar-refractivity contribution in [3.8, 4) is 0 Å². The Hall–Kier alpha value is -0.840. The molecule has 0 spiro atoms. The number of nitrogens with one attached hydrogen (secondary N) is 1. The predicted molar refractivity (Wildman–Crippen MR) is 87.5 cm³/mol. The smallest absolute Gasteiger partial charge is 0.103 e. The van der Waals surface area contributed by atoms with Crippen molar-refractivity contribution in [3.05, 3.63) is 45.4 Å². The molecule has 2 aromatic rings. The number of hydrogen-bond acceptors (Lipinski definition) is 4. The van der Waals surface area contributed by atoms with Crippen molar-refractivity contribution in [3.63, 3.8) is 0 Å². The first kappa shape index (κ1) is 14.1. The predicted octanol–water partition coefficient (Wildman–Crippen LogP) is 4.30. The molecule has 1 fully saturated rings. The van der Waals surface area contributed by atoms with Crippen LogP contribution in [-0.2, 0) is 12.3 Å². The van der Waals surface area contributed by atoms with Gasteiger partial charge in [0, 0.05) is 22.4 Å². The molecule has 1 N–H and O–H groups in total. The third-order valence-electron chi connectivity index (χ3n) is 3.45. The van der Waals surface area contributed by atoms with Crippen LogP contribution in [0.25, 0.3) is 0 Å². The van der Waals surface area contributed by atoms with Gasteiger partial charge in [-0.25, -0.2) is 4.98 Å². The first-order chi connectivity index (χ1) is 9.70. The molecule has 0 bridgehead atoms. The van der Waals surface area contributed by atoms with Crippen LogP contribution in [0.2, 0.25) is 0 Å². The van der Waals surface area contributed by atoms with E-state index in [2.05, 4.69) is 43.4 Å². The van der Waals surface area contributed by atoms with E-state index in [-0.39, 0.29) is 0 Å². The quantitative estimate of drug-likeness (QED) is 0.805. The second-order valence-corrected chi connectivity index (χ2v) is 7.59. The lowest BCUT2D eigenvalue weighted by atomic mass is 10.2. The summed E-state index contributed by atoms with van der Waals surface area (Å²) in [5.74, 6) is 0.970. The topological polar surface area (TPSA) is 24.9 Å². The molecular formula is C16H20N2S2. The van der Waals surface area contributed by atoms with Gasteiger partial charge >= 0.3 is 0 Å². The Kier molecular flexibility index (Phi) is 4.44. The summed E-state index contributed by atoms with van der Waals surface area (Å²) in [6, 6.07) is 9.48. The van der Waals surface area contributed by atoms with Crippen molar-refractivity contribution in [2.24, 2.45) is 0 Å². The molecule has 1 heterocycles. The van der Waals surface area contributed by atoms with Crippen molar-refractivity contribution in [1.29, 1.82) is 0 Å². The lowest BCUT2D eigenvalue weighted by Gasteiger charge is -2.00. The van der Waals surface area contributed by atoms with Gasteiger partial charge in [-0.1, -0.05) is 17.7 Å². The van der Waals surface area contributed by atoms with E-state index >= 15 is 0 Å². The summed E-state index contributed by atoms with van der Waals surface area (Å²) in [7, 11) is 0. The molecule has 0 amide bonds. The fraction of sp³-hybridized carbons (Fsp3) is 0.438. The van der Waals surface area contributed by atoms with Gasteiger partial charge in [-0.2, -0.15) is 0 Å². The average molecular weight is 304 g/mol. The standard InChI is InChI=1S/C16H20N2S2/c1-11-3-7-14(8-4-11)19-10-16-18-12(2)15(20-16)9-17-13-5-6-13/h3-4,7-8,13,17H,5-6,9-10H2,1-2H3. The van der Waals surface area contributed by atoms with Gasteiger partial charge < -0.3 is 5.32 Å². The molecule has 1 aliphatic carbocycles. The molecule has 1 aromatic carbocycles. The highest BCUT2D eigenvalue weighted by atomic mass is 32.2. The molecule has 1 aliphatic rings. The zero-order valence-corrected chi connectivity index (χ0v) is 13.6. The van der Waals surface area contributed by atoms with Crippen molar-refractivity contribution < 1.29 is 0 Å². The van der Waals surface area contributed by atoms with E-state index in [0.717, 1.165) is 18.3 Å². The number of nitrogens with zero attached hydrogens (tertiary/aromatic N) is 1. The molecule has 0 saturated heterocycles. The molecule has 1 saturated carbocycles. The van der Waals surface area contributed by atoms with E-state index in [1.165, 1.54) is 38.9 Å². The molecule has 4 heteroatoms. The summed E-state index contributed by atoms with van der Waals surface area (Å²) in [5.41, 5.74) is 2.51. The van der Waals surface area contributed by atoms with E-state index in [1.807, 2.05) is 23.1 Å². The van der Waals surface area contributed by atoms with Gasteiger partial charge in [-0.3, -0.25) is 0 Å². The number of aromatic nitrogens is 1. The van der Waals surface area contributed by atoms with E-state index in [1.54, 1.807) is 0 Å². The van der Waals surface area contributed by atoms with Gasteiger partial charge in [0.15, 0.2) is 0 Å². The van der Waals surface area contributed by atoms with Crippen molar-refractivity contribution in [2.75, 3.05) is 0 Å². The lowest BCUT2D eigenvalue weighted by molar-refractivity contribution is 0.691. The van der Waals surface area contributed by atoms with Gasteiger partial charge in [0.25, 0.3) is 0 Å². The fourth-order valence-corrected chi connectivity index (χ4v) is 3.93. The Bertz CT molecular complexity index is 571. The molecule has 0 unspecified atom stereocenters. The van der Waals surface area contributed by atoms with E-state index in [0.29, 0.717) is 0 Å². The highest BCUT2D eigenvalue weighted by Gasteiger charge is 2.21. The third kappa shape index (κ3) is 3.84. The van der Waals surface area contributed by atoms with Gasteiger partial charge in [0.1, 0.15) is 5.01 Å². The zero-order valence-electron chi connectivity index (χ0n) is 12.0. The minimum atomic E-state index is 0.766. The Morgan fingerprint density at radius 1 is 1.25 bits per heavy atom. The number of thiazole rings is 1. The number of aryl methyl sites for hydroxylation is 2. The maximum atomic E-state index is 4.70. The van der Waals surface area contributed by atoms with Crippen LogP contribution in [0.5, 0.6) is 0 Å². The Morgan fingerprint density at radius 3 is 2.70 bits per heavy atom. The van der Waals surface area contributed by atoms with E-state index in [9.17, 15) is 0 Å². The number of benzene rings is 1. The summed E-state index contributed by atoms with van der Waals surface area (Å²) in [6.45, 7) is 5.24. The first-order valence-corrected chi connectivity index (χ1v) is 8.89. The minimum absolute atomic E-state index is 0.766. The average Bonchev–Trinajstić information content (AvgIpc) is 3.20. The van der Waals surface area contributed by atoms with E-state index in [4.69, 9.17) is 4.98 Å². The summed E-state index contributed by atoms with van der Waals surface area (Å²) in [5, 5.41) is 4.81. The van der Waals surface area contributed by atoms with Gasteiger partial charge in [0.05, 0.1) is 11.4 Å². The molecular weight excluding hydrogens is 284 g/mol. The van der Waals surface area contributed by atoms with Gasteiger partial charge in [-0.05, 0) is 38.8 Å². The van der Waals surface area contributed by atoms with Crippen LogP contribution < -0.4 is 5.32 Å². The molecule has 0 atom stereocenters. The molecule has 0 aliphatic heterocycles. The first-order valence-electron chi connectivity index (χ1n) is 7.09. The largest absolute Gasteiger partial charge is 0.309 e. The minimum Gasteiger partial charge on any atom is -0.309 e. The van der Waals surface area contributed by atoms with Crippen molar-refractivity contribution in [2.45, 2.75) is 49.9 Å². The highest BCUT2D eigenvalue weighted by Crippen LogP contribution is 2.28. The maximum absolute atomic E-state index is 4.70. The lowest BCUT2D eigenvalue weighted by Crippen LogP contribution is -2.14. The molecule has 3 rings (SSSR count). The SMILES string of the molecule is Cc1ccc(SCc2nc(C)c(CNC3CC3)s2)cc1. The van der Waals surface area contributed by atoms with Crippen LogP contribution >= 0.6 is 23.1 Å². The summed E-state index contributed by atoms with van der Waals surface area (Å²) < 4.78 is 0. The van der Waals surface area contributed by atoms with Crippen LogP contribution in [0.15, 0.2) is 29.2 Å². The summed E-state index contributed by atoms with van der Waals surface area (Å²) in [6.07, 6.45) is 2.68. The fourth-order valence-electron chi connectivity index (χ4n) is 2.02. The second-order valence-electron chi connectivity index (χ2n) is 5.37. The van der Waals surface area contributed by atoms with Crippen molar-refractivity contribution in [1.82, 2.24) is 10.3 Å². The Morgan fingerprint density at radius 2 is 2.00 bits per heavy atom. The normalized spacial score (nSPS) is 14.7. The second kappa shape index (κ2) is 6.29. The van der Waals surface area contributed by atoms with Crippen LogP contribution in [0.3, 0.4) is 0 Å². The molecule has 20 heavy (non-hydrogen) atoms. The summed E-state index contributed by atoms with van der Waals surface area (Å²) >= 11 is 3.73. The molecule has 106 valence electrons. The van der Waals surface area contributed by atoms with Crippen LogP contribution in [0.4, 0.5) is 0 Å².